The topological polar surface area (TPSA) is 12.0 Å². The van der Waals surface area contributed by atoms with Crippen LogP contribution in [0.15, 0.2) is 170 Å². The number of thiophene rings is 1. The minimum Gasteiger partial charge on any atom is -0.354 e. The molecule has 0 radical (unpaired) electrons. The van der Waals surface area contributed by atoms with E-state index in [9.17, 15) is 0 Å². The number of nitrogens with one attached hydrogen (secondary N) is 1. The van der Waals surface area contributed by atoms with E-state index in [0.717, 1.165) is 11.4 Å². The maximum absolute atomic E-state index is 3.96. The number of anilines is 2. The maximum Gasteiger partial charge on any atom is 0.0714 e. The highest BCUT2D eigenvalue weighted by Crippen LogP contribution is 2.58. The summed E-state index contributed by atoms with van der Waals surface area (Å²) in [5.41, 5.74) is 12.1. The molecule has 1 aliphatic carbocycles. The van der Waals surface area contributed by atoms with Crippen molar-refractivity contribution in [2.75, 3.05) is 5.32 Å². The molecular formula is C43H29NS. The Bertz CT molecular complexity index is 2300. The van der Waals surface area contributed by atoms with Crippen molar-refractivity contribution in [2.45, 2.75) is 5.41 Å². The van der Waals surface area contributed by atoms with E-state index >= 15 is 0 Å². The van der Waals surface area contributed by atoms with Gasteiger partial charge in [0.05, 0.1) is 15.8 Å². The number of hydrogen-bond acceptors (Lipinski definition) is 2. The molecule has 1 N–H and O–H groups in total. The van der Waals surface area contributed by atoms with Crippen LogP contribution >= 0.6 is 11.3 Å². The van der Waals surface area contributed by atoms with Crippen LogP contribution in [0.2, 0.25) is 0 Å². The van der Waals surface area contributed by atoms with Gasteiger partial charge in [0.25, 0.3) is 0 Å². The zero-order valence-electron chi connectivity index (χ0n) is 24.6. The summed E-state index contributed by atoms with van der Waals surface area (Å²) in [5, 5.41) is 6.57. The molecule has 0 bridgehead atoms. The summed E-state index contributed by atoms with van der Waals surface area (Å²) in [6, 6.07) is 61.8. The Labute approximate surface area is 267 Å². The molecule has 9 rings (SSSR count). The van der Waals surface area contributed by atoms with Gasteiger partial charge in [-0.25, -0.2) is 0 Å². The molecule has 212 valence electrons. The van der Waals surface area contributed by atoms with Gasteiger partial charge in [-0.1, -0.05) is 152 Å². The van der Waals surface area contributed by atoms with Crippen molar-refractivity contribution in [3.63, 3.8) is 0 Å². The molecule has 1 heterocycles. The van der Waals surface area contributed by atoms with Crippen molar-refractivity contribution in [2.24, 2.45) is 0 Å². The molecule has 7 aromatic carbocycles. The molecule has 0 aliphatic heterocycles. The summed E-state index contributed by atoms with van der Waals surface area (Å²) in [6.07, 6.45) is 0. The standard InChI is InChI=1S/C43H29NS/c1-4-15-29(16-5-1)32-22-13-28-39-40(32)34-23-12-27-38(42(34)45-39)44-37-26-14-25-36-41(37)33-21-10-11-24-35(33)43(36,30-17-6-2-7-18-30)31-19-8-3-9-20-31/h1-28,44H. The highest BCUT2D eigenvalue weighted by Gasteiger charge is 2.46. The molecule has 0 fully saturated rings. The smallest absolute Gasteiger partial charge is 0.0714 e. The van der Waals surface area contributed by atoms with Gasteiger partial charge in [-0.3, -0.25) is 0 Å². The van der Waals surface area contributed by atoms with E-state index < -0.39 is 5.41 Å². The summed E-state index contributed by atoms with van der Waals surface area (Å²) in [5.74, 6) is 0. The summed E-state index contributed by atoms with van der Waals surface area (Å²) >= 11 is 1.87. The van der Waals surface area contributed by atoms with Gasteiger partial charge in [-0.2, -0.15) is 0 Å². The predicted octanol–water partition coefficient (Wildman–Crippen LogP) is 11.8. The number of fused-ring (bicyclic) bond motifs is 6. The van der Waals surface area contributed by atoms with Gasteiger partial charge >= 0.3 is 0 Å². The van der Waals surface area contributed by atoms with Crippen molar-refractivity contribution >= 4 is 42.9 Å². The van der Waals surface area contributed by atoms with Gasteiger partial charge < -0.3 is 5.32 Å². The van der Waals surface area contributed by atoms with Gasteiger partial charge in [0.1, 0.15) is 0 Å². The van der Waals surface area contributed by atoms with E-state index in [1.165, 1.54) is 64.7 Å². The van der Waals surface area contributed by atoms with Gasteiger partial charge in [0.2, 0.25) is 0 Å². The molecular weight excluding hydrogens is 563 g/mol. The van der Waals surface area contributed by atoms with Crippen LogP contribution in [-0.2, 0) is 5.41 Å². The Morgan fingerprint density at radius 2 is 1.02 bits per heavy atom. The first-order valence-electron chi connectivity index (χ1n) is 15.4. The van der Waals surface area contributed by atoms with Crippen molar-refractivity contribution < 1.29 is 0 Å². The third-order valence-corrected chi connectivity index (χ3v) is 10.6. The molecule has 8 aromatic rings. The lowest BCUT2D eigenvalue weighted by Crippen LogP contribution is -2.28. The normalized spacial score (nSPS) is 13.1. The Hall–Kier alpha value is -5.44. The van der Waals surface area contributed by atoms with Crippen LogP contribution < -0.4 is 5.32 Å². The monoisotopic (exact) mass is 591 g/mol. The fourth-order valence-electron chi connectivity index (χ4n) is 7.55. The lowest BCUT2D eigenvalue weighted by Gasteiger charge is -2.33. The van der Waals surface area contributed by atoms with Crippen LogP contribution in [-0.4, -0.2) is 0 Å². The number of benzene rings is 7. The highest BCUT2D eigenvalue weighted by molar-refractivity contribution is 7.26. The van der Waals surface area contributed by atoms with E-state index in [4.69, 9.17) is 0 Å². The van der Waals surface area contributed by atoms with Crippen LogP contribution in [0.1, 0.15) is 22.3 Å². The van der Waals surface area contributed by atoms with Crippen LogP contribution in [0.4, 0.5) is 11.4 Å². The second-order valence-electron chi connectivity index (χ2n) is 11.7. The lowest BCUT2D eigenvalue weighted by molar-refractivity contribution is 0.768. The fourth-order valence-corrected chi connectivity index (χ4v) is 8.74. The van der Waals surface area contributed by atoms with Crippen molar-refractivity contribution in [1.29, 1.82) is 0 Å². The molecule has 0 saturated carbocycles. The van der Waals surface area contributed by atoms with E-state index in [2.05, 4.69) is 175 Å². The van der Waals surface area contributed by atoms with E-state index in [0.29, 0.717) is 0 Å². The zero-order valence-corrected chi connectivity index (χ0v) is 25.4. The van der Waals surface area contributed by atoms with E-state index in [1.54, 1.807) is 0 Å². The molecule has 1 aromatic heterocycles. The van der Waals surface area contributed by atoms with Crippen molar-refractivity contribution in [3.8, 4) is 22.3 Å². The largest absolute Gasteiger partial charge is 0.354 e. The summed E-state index contributed by atoms with van der Waals surface area (Å²) in [6.45, 7) is 0. The Kier molecular flexibility index (Phi) is 5.97. The second-order valence-corrected chi connectivity index (χ2v) is 12.8. The van der Waals surface area contributed by atoms with Gasteiger partial charge in [-0.05, 0) is 57.1 Å². The Morgan fingerprint density at radius 1 is 0.444 bits per heavy atom. The Morgan fingerprint density at radius 3 is 1.78 bits per heavy atom. The van der Waals surface area contributed by atoms with Crippen LogP contribution in [0, 0.1) is 0 Å². The van der Waals surface area contributed by atoms with Crippen LogP contribution in [0.5, 0.6) is 0 Å². The predicted molar refractivity (Wildman–Crippen MR) is 192 cm³/mol. The van der Waals surface area contributed by atoms with E-state index in [-0.39, 0.29) is 0 Å². The first-order chi connectivity index (χ1) is 22.3. The summed E-state index contributed by atoms with van der Waals surface area (Å²) < 4.78 is 2.58. The first-order valence-corrected chi connectivity index (χ1v) is 16.3. The maximum atomic E-state index is 3.96. The molecule has 0 amide bonds. The molecule has 2 heteroatoms. The molecule has 1 aliphatic rings. The van der Waals surface area contributed by atoms with Crippen LogP contribution in [0.3, 0.4) is 0 Å². The highest BCUT2D eigenvalue weighted by atomic mass is 32.1. The molecule has 0 spiro atoms. The average molecular weight is 592 g/mol. The van der Waals surface area contributed by atoms with Gasteiger partial charge in [-0.15, -0.1) is 11.3 Å². The third-order valence-electron chi connectivity index (χ3n) is 9.36. The third kappa shape index (κ3) is 3.86. The minimum atomic E-state index is -0.416. The fraction of sp³-hybridized carbons (Fsp3) is 0.0233. The van der Waals surface area contributed by atoms with Crippen molar-refractivity contribution in [3.05, 3.63) is 192 Å². The molecule has 0 saturated heterocycles. The zero-order chi connectivity index (χ0) is 29.8. The van der Waals surface area contributed by atoms with Crippen LogP contribution in [0.25, 0.3) is 42.4 Å². The summed E-state index contributed by atoms with van der Waals surface area (Å²) in [4.78, 5) is 0. The SMILES string of the molecule is c1ccc(-c2cccc3sc4c(Nc5cccc6c5-c5ccccc5C6(c5ccccc5)c5ccccc5)cccc4c23)cc1. The number of hydrogen-bond donors (Lipinski definition) is 1. The quantitative estimate of drug-likeness (QED) is 0.210. The second kappa shape index (κ2) is 10.3. The molecule has 0 atom stereocenters. The molecule has 1 nitrogen and oxygen atoms in total. The van der Waals surface area contributed by atoms with Gasteiger partial charge in [0, 0.05) is 26.7 Å². The number of rotatable bonds is 5. The summed E-state index contributed by atoms with van der Waals surface area (Å²) in [7, 11) is 0. The molecule has 45 heavy (non-hydrogen) atoms. The molecule has 0 unspecified atom stereocenters. The van der Waals surface area contributed by atoms with E-state index in [1.807, 2.05) is 11.3 Å². The average Bonchev–Trinajstić information content (AvgIpc) is 3.65. The Balaban J connectivity index is 1.27. The van der Waals surface area contributed by atoms with Crippen molar-refractivity contribution in [1.82, 2.24) is 0 Å². The van der Waals surface area contributed by atoms with Gasteiger partial charge in [0.15, 0.2) is 0 Å². The lowest BCUT2D eigenvalue weighted by atomic mass is 9.68. The minimum absolute atomic E-state index is 0.416. The first kappa shape index (κ1) is 26.0.